The predicted molar refractivity (Wildman–Crippen MR) is 143 cm³/mol. The maximum Gasteiger partial charge on any atom is 0.261 e. The Morgan fingerprint density at radius 3 is 2.16 bits per heavy atom. The van der Waals surface area contributed by atoms with E-state index in [0.717, 1.165) is 0 Å². The number of ether oxygens (including phenoxy) is 1. The molecule has 37 heavy (non-hydrogen) atoms. The lowest BCUT2D eigenvalue weighted by atomic mass is 9.94. The first-order chi connectivity index (χ1) is 17.4. The van der Waals surface area contributed by atoms with Gasteiger partial charge in [-0.3, -0.25) is 14.3 Å². The van der Waals surface area contributed by atoms with Crippen LogP contribution in [0.25, 0.3) is 0 Å². The monoisotopic (exact) mass is 547 g/mol. The van der Waals surface area contributed by atoms with Gasteiger partial charge in [-0.1, -0.05) is 11.6 Å². The van der Waals surface area contributed by atoms with Gasteiger partial charge in [0.2, 0.25) is 5.91 Å². The Balaban J connectivity index is 1.80. The van der Waals surface area contributed by atoms with Crippen molar-refractivity contribution in [3.05, 3.63) is 77.3 Å². The normalized spacial score (nSPS) is 11.5. The molecule has 0 aliphatic rings. The number of carbonyl (C=O) groups excluding carboxylic acids is 2. The van der Waals surface area contributed by atoms with E-state index in [2.05, 4.69) is 15.4 Å². The molecule has 0 fully saturated rings. The molecule has 0 aliphatic carbocycles. The summed E-state index contributed by atoms with van der Waals surface area (Å²) in [6.45, 7) is 4.21. The Bertz CT molecular complexity index is 1380. The number of amides is 2. The Hall–Kier alpha value is -3.63. The molecule has 0 bridgehead atoms. The molecule has 3 aromatic rings. The number of alkyl halides is 1. The number of hydrogen-bond donors (Lipinski definition) is 3. The maximum absolute atomic E-state index is 13.1. The van der Waals surface area contributed by atoms with Crippen LogP contribution in [0.3, 0.4) is 0 Å². The van der Waals surface area contributed by atoms with E-state index in [1.807, 2.05) is 0 Å². The molecule has 0 saturated heterocycles. The van der Waals surface area contributed by atoms with Crippen molar-refractivity contribution in [1.29, 1.82) is 0 Å². The molecule has 11 heteroatoms. The van der Waals surface area contributed by atoms with Crippen LogP contribution in [0, 0.1) is 5.41 Å². The number of carbonyl (C=O) groups is 2. The number of hydrogen-bond acceptors (Lipinski definition) is 5. The van der Waals surface area contributed by atoms with Gasteiger partial charge in [-0.15, -0.1) is 0 Å². The smallest absolute Gasteiger partial charge is 0.261 e. The van der Waals surface area contributed by atoms with E-state index in [9.17, 15) is 22.4 Å². The summed E-state index contributed by atoms with van der Waals surface area (Å²) in [6, 6.07) is 16.3. The average Bonchev–Trinajstić information content (AvgIpc) is 2.86. The zero-order chi connectivity index (χ0) is 27.2. The zero-order valence-corrected chi connectivity index (χ0v) is 22.0. The fourth-order valence-corrected chi connectivity index (χ4v) is 4.26. The molecule has 0 aliphatic heterocycles. The summed E-state index contributed by atoms with van der Waals surface area (Å²) in [4.78, 5) is 24.7. The van der Waals surface area contributed by atoms with Gasteiger partial charge in [-0.25, -0.2) is 12.8 Å². The minimum Gasteiger partial charge on any atom is -0.492 e. The van der Waals surface area contributed by atoms with Gasteiger partial charge in [0.25, 0.3) is 15.9 Å². The highest BCUT2D eigenvalue weighted by Crippen LogP contribution is 2.30. The van der Waals surface area contributed by atoms with Crippen molar-refractivity contribution in [2.45, 2.75) is 25.7 Å². The highest BCUT2D eigenvalue weighted by Gasteiger charge is 2.27. The maximum atomic E-state index is 13.1. The quantitative estimate of drug-likeness (QED) is 0.300. The van der Waals surface area contributed by atoms with Crippen molar-refractivity contribution in [3.63, 3.8) is 0 Å². The molecule has 0 aromatic heterocycles. The number of sulfonamides is 1. The number of rotatable bonds is 10. The zero-order valence-electron chi connectivity index (χ0n) is 20.5. The number of nitrogens with one attached hydrogen (secondary N) is 3. The molecule has 2 amide bonds. The minimum atomic E-state index is -4.05. The minimum absolute atomic E-state index is 0.107. The van der Waals surface area contributed by atoms with E-state index in [1.54, 1.807) is 31.2 Å². The van der Waals surface area contributed by atoms with Crippen LogP contribution in [0.5, 0.6) is 5.75 Å². The van der Waals surface area contributed by atoms with Crippen molar-refractivity contribution >= 4 is 50.5 Å². The summed E-state index contributed by atoms with van der Waals surface area (Å²) >= 11 is 5.88. The molecular formula is C26H27ClFN3O5S. The lowest BCUT2D eigenvalue weighted by Gasteiger charge is -2.19. The summed E-state index contributed by atoms with van der Waals surface area (Å²) < 4.78 is 47.2. The molecule has 0 atom stereocenters. The predicted octanol–water partition coefficient (Wildman–Crippen LogP) is 5.73. The number of anilines is 3. The van der Waals surface area contributed by atoms with Gasteiger partial charge in [-0.2, -0.15) is 0 Å². The Morgan fingerprint density at radius 2 is 1.57 bits per heavy atom. The van der Waals surface area contributed by atoms with Crippen molar-refractivity contribution in [3.8, 4) is 5.75 Å². The van der Waals surface area contributed by atoms with Crippen LogP contribution in [0.1, 0.15) is 31.1 Å². The topological polar surface area (TPSA) is 114 Å². The Kier molecular flexibility index (Phi) is 8.77. The highest BCUT2D eigenvalue weighted by molar-refractivity contribution is 7.92. The molecule has 0 spiro atoms. The van der Waals surface area contributed by atoms with Gasteiger partial charge in [0.1, 0.15) is 12.4 Å². The third kappa shape index (κ3) is 7.21. The fraction of sp³-hybridized carbons (Fsp3) is 0.231. The van der Waals surface area contributed by atoms with E-state index in [4.69, 9.17) is 16.3 Å². The van der Waals surface area contributed by atoms with Gasteiger partial charge in [0.15, 0.2) is 0 Å². The molecule has 8 nitrogen and oxygen atoms in total. The van der Waals surface area contributed by atoms with Crippen LogP contribution in [-0.2, 0) is 14.8 Å². The largest absolute Gasteiger partial charge is 0.492 e. The van der Waals surface area contributed by atoms with Crippen LogP contribution >= 0.6 is 11.6 Å². The standard InChI is InChI=1S/C26H27ClFN3O5S/c1-4-36-23-14-13-21(15-22(23)30-24(32)17-5-7-18(27)8-6-17)37(34,35)31-20-11-9-19(10-12-20)29-25(33)26(2,3)16-28/h5-15,31H,4,16H2,1-3H3,(H,29,33)(H,30,32). The second-order valence-electron chi connectivity index (χ2n) is 8.71. The van der Waals surface area contributed by atoms with E-state index < -0.39 is 33.9 Å². The summed E-state index contributed by atoms with van der Waals surface area (Å²) in [7, 11) is -4.05. The molecule has 0 unspecified atom stereocenters. The summed E-state index contributed by atoms with van der Waals surface area (Å²) in [5, 5.41) is 5.76. The first-order valence-electron chi connectivity index (χ1n) is 11.3. The molecular weight excluding hydrogens is 521 g/mol. The second-order valence-corrected chi connectivity index (χ2v) is 10.8. The van der Waals surface area contributed by atoms with Gasteiger partial charge in [0.05, 0.1) is 22.6 Å². The summed E-state index contributed by atoms with van der Waals surface area (Å²) in [5.41, 5.74) is -0.0427. The van der Waals surface area contributed by atoms with E-state index in [0.29, 0.717) is 28.6 Å². The van der Waals surface area contributed by atoms with Gasteiger partial charge in [-0.05, 0) is 87.5 Å². The van der Waals surface area contributed by atoms with Crippen molar-refractivity contribution < 1.29 is 27.1 Å². The molecule has 0 heterocycles. The van der Waals surface area contributed by atoms with Crippen LogP contribution < -0.4 is 20.1 Å². The first-order valence-corrected chi connectivity index (χ1v) is 13.2. The van der Waals surface area contributed by atoms with Gasteiger partial charge < -0.3 is 15.4 Å². The molecule has 196 valence electrons. The lowest BCUT2D eigenvalue weighted by molar-refractivity contribution is -0.124. The van der Waals surface area contributed by atoms with Gasteiger partial charge in [0, 0.05) is 22.0 Å². The van der Waals surface area contributed by atoms with E-state index in [-0.39, 0.29) is 16.3 Å². The number of benzene rings is 3. The van der Waals surface area contributed by atoms with E-state index >= 15 is 0 Å². The second kappa shape index (κ2) is 11.6. The lowest BCUT2D eigenvalue weighted by Crippen LogP contribution is -2.32. The van der Waals surface area contributed by atoms with E-state index in [1.165, 1.54) is 56.3 Å². The molecule has 0 radical (unpaired) electrons. The van der Waals surface area contributed by atoms with Crippen LogP contribution in [0.15, 0.2) is 71.6 Å². The van der Waals surface area contributed by atoms with Crippen molar-refractivity contribution in [1.82, 2.24) is 0 Å². The first kappa shape index (κ1) is 27.9. The molecule has 3 rings (SSSR count). The third-order valence-electron chi connectivity index (χ3n) is 5.26. The number of halogens is 2. The molecule has 0 saturated carbocycles. The van der Waals surface area contributed by atoms with Crippen molar-refractivity contribution in [2.24, 2.45) is 5.41 Å². The fourth-order valence-electron chi connectivity index (χ4n) is 3.05. The summed E-state index contributed by atoms with van der Waals surface area (Å²) in [5.74, 6) is -0.653. The Morgan fingerprint density at radius 1 is 0.946 bits per heavy atom. The molecule has 3 aromatic carbocycles. The molecule has 3 N–H and O–H groups in total. The SMILES string of the molecule is CCOc1ccc(S(=O)(=O)Nc2ccc(NC(=O)C(C)(C)CF)cc2)cc1NC(=O)c1ccc(Cl)cc1. The highest BCUT2D eigenvalue weighted by atomic mass is 35.5. The van der Waals surface area contributed by atoms with Crippen molar-refractivity contribution in [2.75, 3.05) is 28.6 Å². The van der Waals surface area contributed by atoms with Crippen LogP contribution in [0.4, 0.5) is 21.5 Å². The third-order valence-corrected chi connectivity index (χ3v) is 6.89. The average molecular weight is 548 g/mol. The van der Waals surface area contributed by atoms with Crippen LogP contribution in [-0.4, -0.2) is 33.5 Å². The Labute approximate surface area is 220 Å². The summed E-state index contributed by atoms with van der Waals surface area (Å²) in [6.07, 6.45) is 0. The van der Waals surface area contributed by atoms with Crippen LogP contribution in [0.2, 0.25) is 5.02 Å². The van der Waals surface area contributed by atoms with Gasteiger partial charge >= 0.3 is 0 Å².